The third-order valence-corrected chi connectivity index (χ3v) is 3.81. The number of hydrogen-bond acceptors (Lipinski definition) is 3. The van der Waals surface area contributed by atoms with E-state index in [1.54, 1.807) is 12.1 Å². The highest BCUT2D eigenvalue weighted by Gasteiger charge is 2.22. The Morgan fingerprint density at radius 2 is 1.75 bits per heavy atom. The summed E-state index contributed by atoms with van der Waals surface area (Å²) in [5, 5.41) is 14.3. The van der Waals surface area contributed by atoms with Gasteiger partial charge in [0, 0.05) is 6.42 Å². The van der Waals surface area contributed by atoms with Crippen molar-refractivity contribution in [2.75, 3.05) is 6.54 Å². The van der Waals surface area contributed by atoms with Gasteiger partial charge < -0.3 is 15.7 Å². The lowest BCUT2D eigenvalue weighted by Gasteiger charge is -2.16. The molecule has 1 unspecified atom stereocenters. The summed E-state index contributed by atoms with van der Waals surface area (Å²) in [5.41, 5.74) is 2.51. The molecule has 0 aliphatic rings. The fraction of sp³-hybridized carbons (Fsp3) is 0.500. The van der Waals surface area contributed by atoms with Crippen molar-refractivity contribution in [2.24, 2.45) is 5.92 Å². The molecule has 0 fully saturated rings. The van der Waals surface area contributed by atoms with Crippen LogP contribution in [0.15, 0.2) is 18.2 Å². The van der Waals surface area contributed by atoms with Crippen LogP contribution in [0.1, 0.15) is 49.4 Å². The van der Waals surface area contributed by atoms with Crippen LogP contribution in [0.25, 0.3) is 0 Å². The quantitative estimate of drug-likeness (QED) is 0.678. The summed E-state index contributed by atoms with van der Waals surface area (Å²) in [5.74, 6) is -1.47. The molecule has 0 bridgehead atoms. The second-order valence-electron chi connectivity index (χ2n) is 6.39. The Bertz CT molecular complexity index is 611. The zero-order chi connectivity index (χ0) is 18.3. The third kappa shape index (κ3) is 6.40. The number of hydrogen-bond donors (Lipinski definition) is 3. The van der Waals surface area contributed by atoms with Crippen LogP contribution in [0.3, 0.4) is 0 Å². The molecule has 1 atom stereocenters. The van der Waals surface area contributed by atoms with Gasteiger partial charge in [0.15, 0.2) is 6.04 Å². The van der Waals surface area contributed by atoms with E-state index in [1.165, 1.54) is 0 Å². The molecule has 0 aliphatic heterocycles. The SMILES string of the molecule is Cc1ccc(C(NC(=O)CNC(=O)CCC(C)C)C(=O)O)cc1C. The van der Waals surface area contributed by atoms with Gasteiger partial charge in [0.05, 0.1) is 6.54 Å². The summed E-state index contributed by atoms with van der Waals surface area (Å²) in [6.07, 6.45) is 1.10. The van der Waals surface area contributed by atoms with Gasteiger partial charge in [-0.1, -0.05) is 32.0 Å². The molecule has 0 saturated carbocycles. The fourth-order valence-electron chi connectivity index (χ4n) is 2.13. The predicted octanol–water partition coefficient (Wildman–Crippen LogP) is 2.10. The van der Waals surface area contributed by atoms with E-state index in [4.69, 9.17) is 0 Å². The monoisotopic (exact) mass is 334 g/mol. The number of aryl methyl sites for hydroxylation is 2. The number of amides is 2. The lowest BCUT2D eigenvalue weighted by atomic mass is 10.0. The lowest BCUT2D eigenvalue weighted by Crippen LogP contribution is -2.41. The number of rotatable bonds is 8. The van der Waals surface area contributed by atoms with Crippen LogP contribution in [0.4, 0.5) is 0 Å². The molecule has 0 aromatic heterocycles. The van der Waals surface area contributed by atoms with Crippen molar-refractivity contribution >= 4 is 17.8 Å². The number of carboxylic acid groups (broad SMARTS) is 1. The maximum absolute atomic E-state index is 11.9. The number of aliphatic carboxylic acids is 1. The van der Waals surface area contributed by atoms with Crippen molar-refractivity contribution < 1.29 is 19.5 Å². The Morgan fingerprint density at radius 1 is 1.08 bits per heavy atom. The van der Waals surface area contributed by atoms with E-state index in [0.717, 1.165) is 17.5 Å². The van der Waals surface area contributed by atoms with Crippen LogP contribution in [0.5, 0.6) is 0 Å². The summed E-state index contributed by atoms with van der Waals surface area (Å²) in [6, 6.07) is 4.11. The van der Waals surface area contributed by atoms with Gasteiger partial charge in [0.25, 0.3) is 0 Å². The van der Waals surface area contributed by atoms with Gasteiger partial charge in [0.1, 0.15) is 0 Å². The number of carbonyl (C=O) groups excluding carboxylic acids is 2. The molecule has 132 valence electrons. The predicted molar refractivity (Wildman–Crippen MR) is 91.5 cm³/mol. The van der Waals surface area contributed by atoms with E-state index >= 15 is 0 Å². The molecule has 6 nitrogen and oxygen atoms in total. The van der Waals surface area contributed by atoms with Gasteiger partial charge in [-0.25, -0.2) is 4.79 Å². The summed E-state index contributed by atoms with van der Waals surface area (Å²) in [7, 11) is 0. The largest absolute Gasteiger partial charge is 0.479 e. The molecule has 3 N–H and O–H groups in total. The van der Waals surface area contributed by atoms with Gasteiger partial charge in [-0.05, 0) is 42.9 Å². The van der Waals surface area contributed by atoms with Crippen LogP contribution in [0, 0.1) is 19.8 Å². The lowest BCUT2D eigenvalue weighted by molar-refractivity contribution is -0.141. The highest BCUT2D eigenvalue weighted by molar-refractivity contribution is 5.88. The molecule has 0 saturated heterocycles. The standard InChI is InChI=1S/C18H26N2O4/c1-11(2)5-8-15(21)19-10-16(22)20-17(18(23)24)14-7-6-12(3)13(4)9-14/h6-7,9,11,17H,5,8,10H2,1-4H3,(H,19,21)(H,20,22)(H,23,24). The summed E-state index contributed by atoms with van der Waals surface area (Å²) >= 11 is 0. The average Bonchev–Trinajstić information content (AvgIpc) is 2.51. The van der Waals surface area contributed by atoms with Gasteiger partial charge in [-0.15, -0.1) is 0 Å². The zero-order valence-electron chi connectivity index (χ0n) is 14.7. The van der Waals surface area contributed by atoms with E-state index in [9.17, 15) is 19.5 Å². The Kier molecular flexibility index (Phi) is 7.42. The first kappa shape index (κ1) is 19.7. The van der Waals surface area contributed by atoms with Gasteiger partial charge in [-0.2, -0.15) is 0 Å². The highest BCUT2D eigenvalue weighted by atomic mass is 16.4. The molecule has 0 heterocycles. The van der Waals surface area contributed by atoms with Crippen molar-refractivity contribution in [3.63, 3.8) is 0 Å². The second kappa shape index (κ2) is 9.05. The minimum Gasteiger partial charge on any atom is -0.479 e. The van der Waals surface area contributed by atoms with Crippen molar-refractivity contribution in [1.29, 1.82) is 0 Å². The number of benzene rings is 1. The van der Waals surface area contributed by atoms with Crippen molar-refractivity contribution in [3.05, 3.63) is 34.9 Å². The number of nitrogens with one attached hydrogen (secondary N) is 2. The molecule has 1 aromatic rings. The molecule has 0 radical (unpaired) electrons. The van der Waals surface area contributed by atoms with E-state index in [0.29, 0.717) is 17.9 Å². The van der Waals surface area contributed by atoms with Gasteiger partial charge in [-0.3, -0.25) is 9.59 Å². The van der Waals surface area contributed by atoms with Crippen LogP contribution in [0.2, 0.25) is 0 Å². The van der Waals surface area contributed by atoms with Crippen LogP contribution >= 0.6 is 0 Å². The van der Waals surface area contributed by atoms with Gasteiger partial charge >= 0.3 is 5.97 Å². The first-order chi connectivity index (χ1) is 11.2. The van der Waals surface area contributed by atoms with Crippen molar-refractivity contribution in [2.45, 2.75) is 46.6 Å². The molecule has 2 amide bonds. The maximum atomic E-state index is 11.9. The molecule has 1 aromatic carbocycles. The first-order valence-corrected chi connectivity index (χ1v) is 8.06. The summed E-state index contributed by atoms with van der Waals surface area (Å²) in [6.45, 7) is 7.61. The first-order valence-electron chi connectivity index (χ1n) is 8.06. The van der Waals surface area contributed by atoms with Crippen LogP contribution < -0.4 is 10.6 Å². The van der Waals surface area contributed by atoms with Crippen molar-refractivity contribution in [3.8, 4) is 0 Å². The molecule has 1 rings (SSSR count). The number of carboxylic acids is 1. The van der Waals surface area contributed by atoms with Gasteiger partial charge in [0.2, 0.25) is 11.8 Å². The Balaban J connectivity index is 2.62. The molecule has 0 aliphatic carbocycles. The molecular weight excluding hydrogens is 308 g/mol. The smallest absolute Gasteiger partial charge is 0.330 e. The maximum Gasteiger partial charge on any atom is 0.330 e. The molecule has 0 spiro atoms. The Labute approximate surface area is 142 Å². The van der Waals surface area contributed by atoms with E-state index in [1.807, 2.05) is 33.8 Å². The van der Waals surface area contributed by atoms with E-state index in [-0.39, 0.29) is 12.5 Å². The summed E-state index contributed by atoms with van der Waals surface area (Å²) < 4.78 is 0. The summed E-state index contributed by atoms with van der Waals surface area (Å²) in [4.78, 5) is 35.0. The Hall–Kier alpha value is -2.37. The van der Waals surface area contributed by atoms with Crippen LogP contribution in [-0.4, -0.2) is 29.4 Å². The molecule has 6 heteroatoms. The highest BCUT2D eigenvalue weighted by Crippen LogP contribution is 2.17. The van der Waals surface area contributed by atoms with Crippen molar-refractivity contribution in [1.82, 2.24) is 10.6 Å². The van der Waals surface area contributed by atoms with E-state index in [2.05, 4.69) is 10.6 Å². The minimum atomic E-state index is -1.14. The second-order valence-corrected chi connectivity index (χ2v) is 6.39. The topological polar surface area (TPSA) is 95.5 Å². The Morgan fingerprint density at radius 3 is 2.29 bits per heavy atom. The molecular formula is C18H26N2O4. The van der Waals surface area contributed by atoms with Crippen LogP contribution in [-0.2, 0) is 14.4 Å². The zero-order valence-corrected chi connectivity index (χ0v) is 14.7. The van der Waals surface area contributed by atoms with E-state index < -0.39 is 17.9 Å². The fourth-order valence-corrected chi connectivity index (χ4v) is 2.13. The average molecular weight is 334 g/mol. The number of carbonyl (C=O) groups is 3. The normalized spacial score (nSPS) is 11.9. The molecule has 24 heavy (non-hydrogen) atoms. The third-order valence-electron chi connectivity index (χ3n) is 3.81. The minimum absolute atomic E-state index is 0.211.